The number of allylic oxidation sites excluding steroid dienone is 4. The van der Waals surface area contributed by atoms with Crippen LogP contribution in [-0.4, -0.2) is 28.6 Å². The Morgan fingerprint density at radius 1 is 0.509 bits per heavy atom. The smallest absolute Gasteiger partial charge is 0.126 e. The van der Waals surface area contributed by atoms with Crippen molar-refractivity contribution < 1.29 is 84.4 Å². The summed E-state index contributed by atoms with van der Waals surface area (Å²) < 4.78 is 24.7. The van der Waals surface area contributed by atoms with Crippen LogP contribution in [0.5, 0.6) is 23.0 Å². The molecule has 0 saturated heterocycles. The first-order valence-electron chi connectivity index (χ1n) is 19.2. The van der Waals surface area contributed by atoms with Crippen LogP contribution in [0.3, 0.4) is 0 Å². The zero-order chi connectivity index (χ0) is 38.9. The van der Waals surface area contributed by atoms with Crippen LogP contribution >= 0.6 is 0 Å². The van der Waals surface area contributed by atoms with Crippen LogP contribution in [0, 0.1) is 6.08 Å². The van der Waals surface area contributed by atoms with Crippen molar-refractivity contribution >= 4 is 16.1 Å². The van der Waals surface area contributed by atoms with E-state index in [1.54, 1.807) is 0 Å². The molecule has 4 aromatic carbocycles. The largest absolute Gasteiger partial charge is 0.499 e. The average Bonchev–Trinajstić information content (AvgIpc) is 3.12. The number of hydrogen-bond acceptors (Lipinski definition) is 4. The van der Waals surface area contributed by atoms with E-state index in [4.69, 9.17) is 18.9 Å². The summed E-state index contributed by atoms with van der Waals surface area (Å²) in [6.07, 6.45) is 9.34. The summed E-state index contributed by atoms with van der Waals surface area (Å²) in [6, 6.07) is 34.0. The van der Waals surface area contributed by atoms with Crippen molar-refractivity contribution in [3.05, 3.63) is 143 Å². The molecule has 4 nitrogen and oxygen atoms in total. The fourth-order valence-electron chi connectivity index (χ4n) is 5.81. The van der Waals surface area contributed by atoms with E-state index in [-0.39, 0.29) is 76.2 Å². The molecule has 4 aromatic rings. The van der Waals surface area contributed by atoms with E-state index < -0.39 is 16.1 Å². The third-order valence-electron chi connectivity index (χ3n) is 9.44. The van der Waals surface area contributed by atoms with Crippen LogP contribution in [0.4, 0.5) is 0 Å². The van der Waals surface area contributed by atoms with Gasteiger partial charge >= 0.3 is 0 Å². The Bertz CT molecular complexity index is 1670. The fraction of sp³-hybridized carbons (Fsp3) is 0.404. The maximum atomic E-state index is 6.31. The Balaban J connectivity index is 0.00000523. The zero-order valence-corrected chi connectivity index (χ0v) is 43.3. The maximum absolute atomic E-state index is 6.31. The van der Waals surface area contributed by atoms with Gasteiger partial charge in [-0.3, -0.25) is 0 Å². The second-order valence-electron chi connectivity index (χ2n) is 17.4. The molecule has 0 N–H and O–H groups in total. The number of benzene rings is 4. The second-order valence-corrected chi connectivity index (χ2v) is 28.3. The fourth-order valence-corrected chi connectivity index (χ4v) is 7.01. The van der Waals surface area contributed by atoms with Gasteiger partial charge in [0.25, 0.3) is 0 Å². The molecule has 0 aliphatic carbocycles. The molecule has 0 aromatic heterocycles. The molecule has 0 bridgehead atoms. The molecule has 4 rings (SSSR count). The predicted octanol–water partition coefficient (Wildman–Crippen LogP) is 13.1. The minimum absolute atomic E-state index is 0. The van der Waals surface area contributed by atoms with Gasteiger partial charge in [-0.05, 0) is 77.2 Å². The van der Waals surface area contributed by atoms with Crippen molar-refractivity contribution in [1.29, 1.82) is 0 Å². The van der Waals surface area contributed by atoms with Crippen molar-refractivity contribution in [1.82, 2.24) is 0 Å². The summed E-state index contributed by atoms with van der Waals surface area (Å²) >= 11 is 0. The van der Waals surface area contributed by atoms with Crippen molar-refractivity contribution in [2.24, 2.45) is 0 Å². The van der Waals surface area contributed by atoms with Crippen LogP contribution in [0.15, 0.2) is 115 Å². The molecule has 0 unspecified atom stereocenters. The molecule has 0 atom stereocenters. The molecule has 0 amide bonds. The van der Waals surface area contributed by atoms with Gasteiger partial charge in [-0.25, -0.2) is 0 Å². The third-order valence-corrected chi connectivity index (χ3v) is 11.5. The van der Waals surface area contributed by atoms with E-state index in [9.17, 15) is 0 Å². The third kappa shape index (κ3) is 15.5. The van der Waals surface area contributed by atoms with Crippen LogP contribution < -0.4 is 18.9 Å². The Hall–Kier alpha value is -1.80. The normalized spacial score (nSPS) is 12.7. The van der Waals surface area contributed by atoms with E-state index >= 15 is 0 Å². The van der Waals surface area contributed by atoms with Crippen molar-refractivity contribution in [2.45, 2.75) is 111 Å². The standard InChI is InChI=1S/C47H63O4Si2.2Y/c1-13-40(50-44-30-22-38(23-31-44)46(3,4)36-18-26-42(27-19-36)48-34-52(7,8)9)16-15-17-41(14-2)51-45-32-24-39(25-33-45)47(5,6)37-20-28-43(29-21-37)49-35-53(10,11)12;;/h16,18-33H,13-15,34-35H2,1-12H3;;/q-1;;. The second kappa shape index (κ2) is 21.8. The maximum Gasteiger partial charge on any atom is 0.126 e. The van der Waals surface area contributed by atoms with Crippen molar-refractivity contribution in [3.8, 4) is 23.0 Å². The van der Waals surface area contributed by atoms with Gasteiger partial charge in [-0.1, -0.05) is 141 Å². The summed E-state index contributed by atoms with van der Waals surface area (Å²) in [5.74, 6) is 5.26. The predicted molar refractivity (Wildman–Crippen MR) is 229 cm³/mol. The summed E-state index contributed by atoms with van der Waals surface area (Å²) in [7, 11) is -2.53. The summed E-state index contributed by atoms with van der Waals surface area (Å²) in [5, 5.41) is 0. The van der Waals surface area contributed by atoms with E-state index in [2.05, 4.69) is 190 Å². The minimum Gasteiger partial charge on any atom is -0.499 e. The number of rotatable bonds is 18. The van der Waals surface area contributed by atoms with Gasteiger partial charge < -0.3 is 25.0 Å². The molecule has 8 heteroatoms. The molecule has 2 radical (unpaired) electrons. The number of hydrogen-bond donors (Lipinski definition) is 0. The monoisotopic (exact) mass is 925 g/mol. The molecule has 0 aliphatic rings. The van der Waals surface area contributed by atoms with Gasteiger partial charge in [0, 0.05) is 82.7 Å². The number of ether oxygens (including phenoxy) is 4. The molecule has 0 spiro atoms. The molecular formula is C47H63O4Si2Y2-. The van der Waals surface area contributed by atoms with Crippen LogP contribution in [0.1, 0.15) is 83.1 Å². The first-order chi connectivity index (χ1) is 24.9. The quantitative estimate of drug-likeness (QED) is 0.0566. The molecule has 0 aliphatic heterocycles. The zero-order valence-electron chi connectivity index (χ0n) is 35.6. The van der Waals surface area contributed by atoms with Gasteiger partial charge in [0.15, 0.2) is 0 Å². The van der Waals surface area contributed by atoms with Gasteiger partial charge in [-0.2, -0.15) is 6.42 Å². The molecule has 0 fully saturated rings. The summed E-state index contributed by atoms with van der Waals surface area (Å²) in [4.78, 5) is 0. The Labute approximate surface area is 386 Å². The Morgan fingerprint density at radius 2 is 0.836 bits per heavy atom. The average molecular weight is 926 g/mol. The van der Waals surface area contributed by atoms with Gasteiger partial charge in [0.1, 0.15) is 23.0 Å². The topological polar surface area (TPSA) is 36.9 Å². The van der Waals surface area contributed by atoms with Crippen molar-refractivity contribution in [3.63, 3.8) is 0 Å². The Kier molecular flexibility index (Phi) is 19.6. The van der Waals surface area contributed by atoms with Crippen molar-refractivity contribution in [2.75, 3.05) is 12.5 Å². The Morgan fingerprint density at radius 3 is 1.15 bits per heavy atom. The molecular weight excluding hydrogens is 862 g/mol. The van der Waals surface area contributed by atoms with Gasteiger partial charge in [0.05, 0.1) is 34.4 Å². The SMILES string of the molecule is CCC(=[C-]CC=C(CC)Oc1ccc(C(C)(C)c2ccc(OC[Si](C)(C)C)cc2)cc1)Oc1ccc(C(C)(C)c2ccc(OC[Si](C)(C)C)cc2)cc1.[Y].[Y]. The molecule has 0 heterocycles. The molecule has 55 heavy (non-hydrogen) atoms. The summed E-state index contributed by atoms with van der Waals surface area (Å²) in [6.45, 7) is 27.2. The van der Waals surface area contributed by atoms with Crippen LogP contribution in [0.2, 0.25) is 39.3 Å². The van der Waals surface area contributed by atoms with Crippen LogP contribution in [-0.2, 0) is 76.2 Å². The van der Waals surface area contributed by atoms with E-state index in [1.807, 2.05) is 0 Å². The summed E-state index contributed by atoms with van der Waals surface area (Å²) in [5.41, 5.74) is 4.66. The first-order valence-corrected chi connectivity index (χ1v) is 26.6. The molecule has 290 valence electrons. The first kappa shape index (κ1) is 49.3. The van der Waals surface area contributed by atoms with Gasteiger partial charge in [-0.15, -0.1) is 0 Å². The van der Waals surface area contributed by atoms with Crippen LogP contribution in [0.25, 0.3) is 0 Å². The minimum atomic E-state index is -1.26. The van der Waals surface area contributed by atoms with E-state index in [0.29, 0.717) is 6.42 Å². The van der Waals surface area contributed by atoms with Gasteiger partial charge in [0.2, 0.25) is 0 Å². The van der Waals surface area contributed by atoms with E-state index in [0.717, 1.165) is 59.8 Å². The molecule has 0 saturated carbocycles. The van der Waals surface area contributed by atoms with E-state index in [1.165, 1.54) is 22.3 Å².